The highest BCUT2D eigenvalue weighted by Crippen LogP contribution is 2.29. The van der Waals surface area contributed by atoms with Gasteiger partial charge in [0, 0.05) is 18.8 Å². The molecule has 4 rings (SSSR count). The lowest BCUT2D eigenvalue weighted by atomic mass is 9.97. The van der Waals surface area contributed by atoms with E-state index in [-0.39, 0.29) is 5.65 Å². The van der Waals surface area contributed by atoms with Gasteiger partial charge in [0.1, 0.15) is 5.82 Å². The van der Waals surface area contributed by atoms with Crippen molar-refractivity contribution in [2.45, 2.75) is 32.0 Å². The molecule has 2 aromatic heterocycles. The molecule has 0 unspecified atom stereocenters. The molecule has 0 bridgehead atoms. The van der Waals surface area contributed by atoms with Crippen LogP contribution in [0.2, 0.25) is 0 Å². The Morgan fingerprint density at radius 1 is 1.09 bits per heavy atom. The number of piperidine rings is 1. The van der Waals surface area contributed by atoms with Gasteiger partial charge >= 0.3 is 12.1 Å². The van der Waals surface area contributed by atoms with E-state index in [0.717, 1.165) is 0 Å². The van der Waals surface area contributed by atoms with Gasteiger partial charge in [-0.2, -0.15) is 17.7 Å². The zero-order valence-electron chi connectivity index (χ0n) is 17.6. The van der Waals surface area contributed by atoms with Gasteiger partial charge in [-0.3, -0.25) is 9.59 Å². The number of carbonyl (C=O) groups is 2. The van der Waals surface area contributed by atoms with Crippen LogP contribution in [0, 0.1) is 5.92 Å². The Kier molecular flexibility index (Phi) is 6.16. The number of hydrogen-bond acceptors (Lipinski definition) is 7. The first-order valence-electron chi connectivity index (χ1n) is 10.3. The molecule has 1 aromatic carbocycles. The normalized spacial score (nSPS) is 15.9. The molecule has 1 aliphatic rings. The Balaban J connectivity index is 1.34. The largest absolute Gasteiger partial charge is 0.453 e. The summed E-state index contributed by atoms with van der Waals surface area (Å²) in [5, 5.41) is 13.4. The number of anilines is 2. The van der Waals surface area contributed by atoms with E-state index >= 15 is 0 Å². The average molecular weight is 462 g/mol. The molecule has 33 heavy (non-hydrogen) atoms. The summed E-state index contributed by atoms with van der Waals surface area (Å²) in [6.45, 7) is 2.29. The monoisotopic (exact) mass is 462 g/mol. The number of carbonyl (C=O) groups excluding carboxylic acids is 2. The second-order valence-electron chi connectivity index (χ2n) is 7.68. The van der Waals surface area contributed by atoms with Gasteiger partial charge in [0.25, 0.3) is 11.7 Å². The van der Waals surface area contributed by atoms with E-state index in [1.807, 2.05) is 6.07 Å². The van der Waals surface area contributed by atoms with Gasteiger partial charge in [0.05, 0.1) is 5.92 Å². The first-order chi connectivity index (χ1) is 15.7. The van der Waals surface area contributed by atoms with Crippen molar-refractivity contribution in [2.75, 3.05) is 23.3 Å². The number of hydrogen-bond donors (Lipinski definition) is 1. The number of fused-ring (bicyclic) bond motifs is 1. The van der Waals surface area contributed by atoms with E-state index in [2.05, 4.69) is 20.6 Å². The summed E-state index contributed by atoms with van der Waals surface area (Å²) in [5.74, 6) is -2.20. The van der Waals surface area contributed by atoms with Gasteiger partial charge in [-0.05, 0) is 44.0 Å². The maximum atomic E-state index is 13.1. The lowest BCUT2D eigenvalue weighted by Gasteiger charge is -2.32. The number of amides is 1. The van der Waals surface area contributed by atoms with Crippen LogP contribution in [0.25, 0.3) is 5.65 Å². The van der Waals surface area contributed by atoms with E-state index in [0.29, 0.717) is 42.0 Å². The van der Waals surface area contributed by atoms with Gasteiger partial charge in [0.15, 0.2) is 11.8 Å². The third-order valence-electron chi connectivity index (χ3n) is 5.36. The number of alkyl halides is 3. The van der Waals surface area contributed by atoms with E-state index in [1.54, 1.807) is 35.2 Å². The minimum absolute atomic E-state index is 0.00712. The molecule has 0 radical (unpaired) electrons. The van der Waals surface area contributed by atoms with Gasteiger partial charge in [-0.1, -0.05) is 18.2 Å². The topological polar surface area (TPSA) is 102 Å². The number of aromatic nitrogens is 4. The van der Waals surface area contributed by atoms with Crippen molar-refractivity contribution in [2.24, 2.45) is 5.92 Å². The maximum Gasteiger partial charge on any atom is 0.453 e. The zero-order chi connectivity index (χ0) is 23.6. The third-order valence-corrected chi connectivity index (χ3v) is 5.36. The van der Waals surface area contributed by atoms with Crippen LogP contribution in [-0.2, 0) is 20.5 Å². The molecule has 174 valence electrons. The van der Waals surface area contributed by atoms with Crippen LogP contribution in [0.15, 0.2) is 42.5 Å². The van der Waals surface area contributed by atoms with Crippen LogP contribution >= 0.6 is 0 Å². The van der Waals surface area contributed by atoms with Crippen LogP contribution in [-0.4, -0.2) is 50.9 Å². The van der Waals surface area contributed by atoms with E-state index in [9.17, 15) is 22.8 Å². The standard InChI is InChI=1S/C21H21F3N6O3/c1-13(18(31)25-15-5-3-2-4-6-15)33-19(32)14-9-11-29(12-10-14)17-8-7-16-26-27-20(21(22,23)24)30(16)28-17/h2-8,13-14H,9-12H2,1H3,(H,25,31)/t13-/m1/s1. The molecule has 1 aliphatic heterocycles. The Labute approximate surface area is 186 Å². The first-order valence-corrected chi connectivity index (χ1v) is 10.3. The lowest BCUT2D eigenvalue weighted by molar-refractivity contribution is -0.158. The molecule has 1 atom stereocenters. The number of halogens is 3. The summed E-state index contributed by atoms with van der Waals surface area (Å²) in [7, 11) is 0. The van der Waals surface area contributed by atoms with Crippen molar-refractivity contribution in [3.05, 3.63) is 48.3 Å². The number of rotatable bonds is 5. The number of para-hydroxylation sites is 1. The highest BCUT2D eigenvalue weighted by Gasteiger charge is 2.38. The molecule has 0 aliphatic carbocycles. The summed E-state index contributed by atoms with van der Waals surface area (Å²) in [4.78, 5) is 26.6. The molecule has 0 spiro atoms. The van der Waals surface area contributed by atoms with Crippen LogP contribution in [0.1, 0.15) is 25.6 Å². The molecule has 3 aromatic rings. The Bertz CT molecular complexity index is 1140. The maximum absolute atomic E-state index is 13.1. The summed E-state index contributed by atoms with van der Waals surface area (Å²) in [5.41, 5.74) is 0.595. The van der Waals surface area contributed by atoms with Crippen molar-refractivity contribution < 1.29 is 27.5 Å². The van der Waals surface area contributed by atoms with Gasteiger partial charge < -0.3 is 15.0 Å². The van der Waals surface area contributed by atoms with E-state index in [4.69, 9.17) is 4.74 Å². The molecule has 3 heterocycles. The fourth-order valence-electron chi connectivity index (χ4n) is 3.56. The van der Waals surface area contributed by atoms with Crippen molar-refractivity contribution in [3.63, 3.8) is 0 Å². The van der Waals surface area contributed by atoms with Crippen molar-refractivity contribution in [1.82, 2.24) is 19.8 Å². The van der Waals surface area contributed by atoms with Crippen molar-refractivity contribution in [3.8, 4) is 0 Å². The minimum Gasteiger partial charge on any atom is -0.452 e. The molecule has 1 N–H and O–H groups in total. The highest BCUT2D eigenvalue weighted by atomic mass is 19.4. The van der Waals surface area contributed by atoms with Gasteiger partial charge in [-0.25, -0.2) is 0 Å². The predicted octanol–water partition coefficient (Wildman–Crippen LogP) is 2.93. The molecular formula is C21H21F3N6O3. The highest BCUT2D eigenvalue weighted by molar-refractivity contribution is 5.95. The average Bonchev–Trinajstić information content (AvgIpc) is 3.23. The van der Waals surface area contributed by atoms with E-state index < -0.39 is 35.9 Å². The van der Waals surface area contributed by atoms with Crippen LogP contribution in [0.3, 0.4) is 0 Å². The smallest absolute Gasteiger partial charge is 0.452 e. The summed E-state index contributed by atoms with van der Waals surface area (Å²) in [6.07, 6.45) is -4.81. The summed E-state index contributed by atoms with van der Waals surface area (Å²) < 4.78 is 45.3. The van der Waals surface area contributed by atoms with Crippen LogP contribution in [0.5, 0.6) is 0 Å². The molecule has 12 heteroatoms. The predicted molar refractivity (Wildman–Crippen MR) is 111 cm³/mol. The Hall–Kier alpha value is -3.70. The molecule has 1 amide bonds. The van der Waals surface area contributed by atoms with Crippen molar-refractivity contribution in [1.29, 1.82) is 0 Å². The SMILES string of the molecule is C[C@@H](OC(=O)C1CCN(c2ccc3nnc(C(F)(F)F)n3n2)CC1)C(=O)Nc1ccccc1. The first kappa shape index (κ1) is 22.5. The minimum atomic E-state index is -4.68. The molecular weight excluding hydrogens is 441 g/mol. The quantitative estimate of drug-likeness (QED) is 0.582. The second-order valence-corrected chi connectivity index (χ2v) is 7.68. The Morgan fingerprint density at radius 2 is 1.79 bits per heavy atom. The number of benzene rings is 1. The Morgan fingerprint density at radius 3 is 2.45 bits per heavy atom. The molecule has 0 saturated carbocycles. The second kappa shape index (κ2) is 9.04. The van der Waals surface area contributed by atoms with Crippen LogP contribution in [0.4, 0.5) is 24.7 Å². The van der Waals surface area contributed by atoms with E-state index in [1.165, 1.54) is 13.0 Å². The number of nitrogens with zero attached hydrogens (tertiary/aromatic N) is 5. The molecule has 1 fully saturated rings. The van der Waals surface area contributed by atoms with Crippen molar-refractivity contribution >= 4 is 29.0 Å². The molecule has 1 saturated heterocycles. The van der Waals surface area contributed by atoms with Crippen LogP contribution < -0.4 is 10.2 Å². The van der Waals surface area contributed by atoms with Gasteiger partial charge in [-0.15, -0.1) is 15.3 Å². The number of esters is 1. The number of nitrogens with one attached hydrogen (secondary N) is 1. The summed E-state index contributed by atoms with van der Waals surface area (Å²) >= 11 is 0. The zero-order valence-corrected chi connectivity index (χ0v) is 17.6. The summed E-state index contributed by atoms with van der Waals surface area (Å²) in [6, 6.07) is 11.8. The number of ether oxygens (including phenoxy) is 1. The lowest BCUT2D eigenvalue weighted by Crippen LogP contribution is -2.39. The van der Waals surface area contributed by atoms with Gasteiger partial charge in [0.2, 0.25) is 0 Å². The fourth-order valence-corrected chi connectivity index (χ4v) is 3.56. The third kappa shape index (κ3) is 5.04. The molecule has 9 nitrogen and oxygen atoms in total. The fraction of sp³-hybridized carbons (Fsp3) is 0.381.